The topological polar surface area (TPSA) is 47.6 Å². The average Bonchev–Trinajstić information content (AvgIpc) is 2.60. The van der Waals surface area contributed by atoms with Crippen molar-refractivity contribution in [1.82, 2.24) is 5.32 Å². The smallest absolute Gasteiger partial charge is 0.224 e. The van der Waals surface area contributed by atoms with Crippen LogP contribution in [0.15, 0.2) is 47.4 Å². The molecule has 0 saturated carbocycles. The van der Waals surface area contributed by atoms with E-state index in [4.69, 9.17) is 9.47 Å². The molecule has 1 N–H and O–H groups in total. The second-order valence-electron chi connectivity index (χ2n) is 5.37. The standard InChI is InChI=1S/C19H23NO3S/c1-14-4-7-17(8-5-14)24-11-10-20-19(21)13-15-12-16(22-2)6-9-18(15)23-3/h4-9,12H,10-11,13H2,1-3H3,(H,20,21). The molecule has 0 aromatic heterocycles. The third-order valence-electron chi connectivity index (χ3n) is 3.55. The number of benzene rings is 2. The van der Waals surface area contributed by atoms with Gasteiger partial charge in [-0.15, -0.1) is 11.8 Å². The number of carbonyl (C=O) groups is 1. The molecule has 24 heavy (non-hydrogen) atoms. The van der Waals surface area contributed by atoms with E-state index in [9.17, 15) is 4.79 Å². The fraction of sp³-hybridized carbons (Fsp3) is 0.316. The molecule has 128 valence electrons. The zero-order valence-corrected chi connectivity index (χ0v) is 15.1. The van der Waals surface area contributed by atoms with Gasteiger partial charge in [0.1, 0.15) is 11.5 Å². The lowest BCUT2D eigenvalue weighted by atomic mass is 10.1. The number of hydrogen-bond acceptors (Lipinski definition) is 4. The molecule has 1 amide bonds. The molecule has 0 radical (unpaired) electrons. The van der Waals surface area contributed by atoms with Gasteiger partial charge in [0, 0.05) is 22.8 Å². The number of rotatable bonds is 8. The molecule has 0 bridgehead atoms. The minimum Gasteiger partial charge on any atom is -0.497 e. The van der Waals surface area contributed by atoms with Crippen molar-refractivity contribution in [2.24, 2.45) is 0 Å². The Morgan fingerprint density at radius 3 is 2.50 bits per heavy atom. The Bertz CT molecular complexity index is 671. The number of carbonyl (C=O) groups excluding carboxylic acids is 1. The molecule has 0 aliphatic rings. The number of nitrogens with one attached hydrogen (secondary N) is 1. The number of hydrogen-bond donors (Lipinski definition) is 1. The van der Waals surface area contributed by atoms with E-state index in [1.165, 1.54) is 10.5 Å². The molecule has 0 unspecified atom stereocenters. The summed E-state index contributed by atoms with van der Waals surface area (Å²) >= 11 is 1.73. The second kappa shape index (κ2) is 9.23. The Hall–Kier alpha value is -2.14. The third kappa shape index (κ3) is 5.49. The molecule has 2 rings (SSSR count). The van der Waals surface area contributed by atoms with Crippen LogP contribution in [-0.4, -0.2) is 32.4 Å². The molecule has 2 aromatic rings. The van der Waals surface area contributed by atoms with Crippen molar-refractivity contribution in [3.05, 3.63) is 53.6 Å². The van der Waals surface area contributed by atoms with Gasteiger partial charge >= 0.3 is 0 Å². The number of methoxy groups -OCH3 is 2. The van der Waals surface area contributed by atoms with E-state index in [0.29, 0.717) is 18.0 Å². The molecule has 5 heteroatoms. The highest BCUT2D eigenvalue weighted by molar-refractivity contribution is 7.99. The minimum atomic E-state index is -0.0222. The number of thioether (sulfide) groups is 1. The summed E-state index contributed by atoms with van der Waals surface area (Å²) in [4.78, 5) is 13.3. The summed E-state index contributed by atoms with van der Waals surface area (Å²) < 4.78 is 10.5. The minimum absolute atomic E-state index is 0.0222. The van der Waals surface area contributed by atoms with Gasteiger partial charge in [-0.05, 0) is 37.3 Å². The summed E-state index contributed by atoms with van der Waals surface area (Å²) in [5.74, 6) is 2.23. The molecule has 0 spiro atoms. The summed E-state index contributed by atoms with van der Waals surface area (Å²) in [5.41, 5.74) is 2.07. The van der Waals surface area contributed by atoms with Crippen molar-refractivity contribution in [2.75, 3.05) is 26.5 Å². The molecule has 0 aliphatic carbocycles. The maximum Gasteiger partial charge on any atom is 0.224 e. The van der Waals surface area contributed by atoms with Gasteiger partial charge in [0.2, 0.25) is 5.91 Å². The quantitative estimate of drug-likeness (QED) is 0.588. The van der Waals surface area contributed by atoms with Crippen molar-refractivity contribution in [1.29, 1.82) is 0 Å². The van der Waals surface area contributed by atoms with Crippen LogP contribution < -0.4 is 14.8 Å². The Labute approximate surface area is 147 Å². The maximum absolute atomic E-state index is 12.1. The van der Waals surface area contributed by atoms with E-state index < -0.39 is 0 Å². The van der Waals surface area contributed by atoms with Gasteiger partial charge in [-0.1, -0.05) is 17.7 Å². The van der Waals surface area contributed by atoms with Gasteiger partial charge in [-0.2, -0.15) is 0 Å². The first-order chi connectivity index (χ1) is 11.6. The van der Waals surface area contributed by atoms with E-state index >= 15 is 0 Å². The summed E-state index contributed by atoms with van der Waals surface area (Å²) in [6, 6.07) is 13.9. The zero-order chi connectivity index (χ0) is 17.4. The summed E-state index contributed by atoms with van der Waals surface area (Å²) in [6.45, 7) is 2.70. The number of aryl methyl sites for hydroxylation is 1. The van der Waals surface area contributed by atoms with Crippen molar-refractivity contribution in [2.45, 2.75) is 18.2 Å². The number of amides is 1. The highest BCUT2D eigenvalue weighted by Crippen LogP contribution is 2.24. The Morgan fingerprint density at radius 2 is 1.83 bits per heavy atom. The maximum atomic E-state index is 12.1. The van der Waals surface area contributed by atoms with E-state index in [0.717, 1.165) is 11.3 Å². The predicted octanol–water partition coefficient (Wildman–Crippen LogP) is 3.46. The lowest BCUT2D eigenvalue weighted by molar-refractivity contribution is -0.120. The predicted molar refractivity (Wildman–Crippen MR) is 98.2 cm³/mol. The van der Waals surface area contributed by atoms with E-state index in [1.807, 2.05) is 18.2 Å². The monoisotopic (exact) mass is 345 g/mol. The second-order valence-corrected chi connectivity index (χ2v) is 6.53. The van der Waals surface area contributed by atoms with Crippen LogP contribution >= 0.6 is 11.8 Å². The van der Waals surface area contributed by atoms with Gasteiger partial charge in [-0.25, -0.2) is 0 Å². The lowest BCUT2D eigenvalue weighted by Crippen LogP contribution is -2.27. The molecule has 0 atom stereocenters. The summed E-state index contributed by atoms with van der Waals surface area (Å²) in [5, 5.41) is 2.95. The Kier molecular flexibility index (Phi) is 7.00. The zero-order valence-electron chi connectivity index (χ0n) is 14.3. The fourth-order valence-corrected chi connectivity index (χ4v) is 3.02. The number of ether oxygens (including phenoxy) is 2. The van der Waals surface area contributed by atoms with Crippen LogP contribution in [0.25, 0.3) is 0 Å². The van der Waals surface area contributed by atoms with Gasteiger partial charge in [0.25, 0.3) is 0 Å². The van der Waals surface area contributed by atoms with Crippen LogP contribution in [0, 0.1) is 6.92 Å². The van der Waals surface area contributed by atoms with E-state index in [1.54, 1.807) is 26.0 Å². The first-order valence-corrected chi connectivity index (χ1v) is 8.78. The van der Waals surface area contributed by atoms with Crippen LogP contribution in [0.3, 0.4) is 0 Å². The average molecular weight is 345 g/mol. The van der Waals surface area contributed by atoms with Gasteiger partial charge < -0.3 is 14.8 Å². The van der Waals surface area contributed by atoms with Crippen LogP contribution in [0.1, 0.15) is 11.1 Å². The molecular weight excluding hydrogens is 322 g/mol. The summed E-state index contributed by atoms with van der Waals surface area (Å²) in [7, 11) is 3.20. The third-order valence-corrected chi connectivity index (χ3v) is 4.57. The van der Waals surface area contributed by atoms with Gasteiger partial charge in [0.05, 0.1) is 20.6 Å². The van der Waals surface area contributed by atoms with Gasteiger partial charge in [-0.3, -0.25) is 4.79 Å². The fourth-order valence-electron chi connectivity index (χ4n) is 2.25. The first-order valence-electron chi connectivity index (χ1n) is 7.79. The molecule has 0 fully saturated rings. The van der Waals surface area contributed by atoms with E-state index in [2.05, 4.69) is 36.5 Å². The van der Waals surface area contributed by atoms with Gasteiger partial charge in [0.15, 0.2) is 0 Å². The highest BCUT2D eigenvalue weighted by atomic mass is 32.2. The van der Waals surface area contributed by atoms with Crippen molar-refractivity contribution >= 4 is 17.7 Å². The Balaban J connectivity index is 1.80. The summed E-state index contributed by atoms with van der Waals surface area (Å²) in [6.07, 6.45) is 0.273. The molecule has 0 heterocycles. The van der Waals surface area contributed by atoms with Crippen LogP contribution in [0.5, 0.6) is 11.5 Å². The molecule has 2 aromatic carbocycles. The molecule has 4 nitrogen and oxygen atoms in total. The Morgan fingerprint density at radius 1 is 1.08 bits per heavy atom. The molecule has 0 aliphatic heterocycles. The van der Waals surface area contributed by atoms with Crippen molar-refractivity contribution in [3.63, 3.8) is 0 Å². The van der Waals surface area contributed by atoms with Crippen molar-refractivity contribution < 1.29 is 14.3 Å². The van der Waals surface area contributed by atoms with Crippen LogP contribution in [0.2, 0.25) is 0 Å². The van der Waals surface area contributed by atoms with Crippen LogP contribution in [0.4, 0.5) is 0 Å². The normalized spacial score (nSPS) is 10.3. The van der Waals surface area contributed by atoms with Crippen molar-refractivity contribution in [3.8, 4) is 11.5 Å². The van der Waals surface area contributed by atoms with E-state index in [-0.39, 0.29) is 12.3 Å². The van der Waals surface area contributed by atoms with Crippen LogP contribution in [-0.2, 0) is 11.2 Å². The first kappa shape index (κ1) is 18.2. The molecule has 0 saturated heterocycles. The molecular formula is C19H23NO3S. The highest BCUT2D eigenvalue weighted by Gasteiger charge is 2.10. The SMILES string of the molecule is COc1ccc(OC)c(CC(=O)NCCSc2ccc(C)cc2)c1. The lowest BCUT2D eigenvalue weighted by Gasteiger charge is -2.11. The largest absolute Gasteiger partial charge is 0.497 e.